The molecule has 0 saturated heterocycles. The van der Waals surface area contributed by atoms with Crippen LogP contribution in [0.4, 0.5) is 0 Å². The van der Waals surface area contributed by atoms with Crippen molar-refractivity contribution in [3.05, 3.63) is 30.1 Å². The van der Waals surface area contributed by atoms with Crippen molar-refractivity contribution in [1.82, 2.24) is 9.97 Å². The van der Waals surface area contributed by atoms with Crippen LogP contribution >= 0.6 is 11.8 Å². The molecule has 16 heavy (non-hydrogen) atoms. The number of hydrogen-bond donors (Lipinski definition) is 1. The fraction of sp³-hybridized carbons (Fsp3) is 0.182. The van der Waals surface area contributed by atoms with Gasteiger partial charge in [0.2, 0.25) is 0 Å². The maximum Gasteiger partial charge on any atom is 0.335 e. The van der Waals surface area contributed by atoms with Crippen LogP contribution in [0.1, 0.15) is 17.3 Å². The SMILES string of the molecule is CCSc1ncnc2cc(C(=O)O)ccc12. The third-order valence-electron chi connectivity index (χ3n) is 2.13. The summed E-state index contributed by atoms with van der Waals surface area (Å²) in [6.45, 7) is 2.05. The van der Waals surface area contributed by atoms with Gasteiger partial charge >= 0.3 is 5.97 Å². The standard InChI is InChI=1S/C11H10N2O2S/c1-2-16-10-8-4-3-7(11(14)15)5-9(8)12-6-13-10/h3-6H,2H2,1H3,(H,14,15). The molecule has 4 nitrogen and oxygen atoms in total. The van der Waals surface area contributed by atoms with Crippen LogP contribution in [0, 0.1) is 0 Å². The molecule has 5 heteroatoms. The lowest BCUT2D eigenvalue weighted by atomic mass is 10.1. The minimum absolute atomic E-state index is 0.249. The number of benzene rings is 1. The number of rotatable bonds is 3. The van der Waals surface area contributed by atoms with E-state index < -0.39 is 5.97 Å². The second-order valence-electron chi connectivity index (χ2n) is 3.15. The maximum absolute atomic E-state index is 10.8. The van der Waals surface area contributed by atoms with Crippen molar-refractivity contribution in [3.63, 3.8) is 0 Å². The van der Waals surface area contributed by atoms with E-state index in [-0.39, 0.29) is 5.56 Å². The van der Waals surface area contributed by atoms with E-state index in [4.69, 9.17) is 5.11 Å². The second kappa shape index (κ2) is 4.49. The molecule has 2 aromatic rings. The summed E-state index contributed by atoms with van der Waals surface area (Å²) in [5, 5.41) is 10.7. The lowest BCUT2D eigenvalue weighted by Gasteiger charge is -2.03. The first-order valence-electron chi connectivity index (χ1n) is 4.83. The molecule has 0 spiro atoms. The van der Waals surface area contributed by atoms with E-state index in [2.05, 4.69) is 9.97 Å². The largest absolute Gasteiger partial charge is 0.478 e. The van der Waals surface area contributed by atoms with Crippen LogP contribution in [0.5, 0.6) is 0 Å². The first-order chi connectivity index (χ1) is 7.72. The van der Waals surface area contributed by atoms with Gasteiger partial charge in [-0.05, 0) is 24.0 Å². The average Bonchev–Trinajstić information content (AvgIpc) is 2.29. The molecule has 2 rings (SSSR count). The molecule has 0 aliphatic rings. The summed E-state index contributed by atoms with van der Waals surface area (Å²) < 4.78 is 0. The Hall–Kier alpha value is -1.62. The van der Waals surface area contributed by atoms with Crippen molar-refractivity contribution in [3.8, 4) is 0 Å². The van der Waals surface area contributed by atoms with Crippen LogP contribution in [0.15, 0.2) is 29.6 Å². The molecule has 0 saturated carbocycles. The van der Waals surface area contributed by atoms with Gasteiger partial charge in [0.1, 0.15) is 11.4 Å². The molecular weight excluding hydrogens is 224 g/mol. The van der Waals surface area contributed by atoms with Crippen LogP contribution in [0.3, 0.4) is 0 Å². The summed E-state index contributed by atoms with van der Waals surface area (Å²) in [6, 6.07) is 4.91. The fourth-order valence-electron chi connectivity index (χ4n) is 1.42. The molecule has 0 aliphatic heterocycles. The molecule has 0 unspecified atom stereocenters. The topological polar surface area (TPSA) is 63.1 Å². The minimum atomic E-state index is -0.940. The lowest BCUT2D eigenvalue weighted by molar-refractivity contribution is 0.0697. The molecule has 1 heterocycles. The van der Waals surface area contributed by atoms with E-state index in [9.17, 15) is 4.79 Å². The predicted octanol–water partition coefficient (Wildman–Crippen LogP) is 2.44. The molecule has 82 valence electrons. The normalized spacial score (nSPS) is 10.6. The van der Waals surface area contributed by atoms with Gasteiger partial charge in [0.25, 0.3) is 0 Å². The molecule has 0 fully saturated rings. The molecular formula is C11H10N2O2S. The highest BCUT2D eigenvalue weighted by molar-refractivity contribution is 7.99. The van der Waals surface area contributed by atoms with E-state index >= 15 is 0 Å². The zero-order chi connectivity index (χ0) is 11.5. The quantitative estimate of drug-likeness (QED) is 0.652. The van der Waals surface area contributed by atoms with E-state index in [0.29, 0.717) is 5.52 Å². The molecule has 1 aromatic carbocycles. The summed E-state index contributed by atoms with van der Waals surface area (Å²) in [7, 11) is 0. The van der Waals surface area contributed by atoms with Gasteiger partial charge in [-0.15, -0.1) is 11.8 Å². The number of carbonyl (C=O) groups is 1. The third kappa shape index (κ3) is 1.99. The van der Waals surface area contributed by atoms with Crippen molar-refractivity contribution in [2.24, 2.45) is 0 Å². The van der Waals surface area contributed by atoms with Crippen molar-refractivity contribution < 1.29 is 9.90 Å². The Morgan fingerprint density at radius 1 is 1.44 bits per heavy atom. The van der Waals surface area contributed by atoms with Gasteiger partial charge in [-0.2, -0.15) is 0 Å². The van der Waals surface area contributed by atoms with Gasteiger partial charge in [0.05, 0.1) is 11.1 Å². The Morgan fingerprint density at radius 3 is 2.94 bits per heavy atom. The van der Waals surface area contributed by atoms with Crippen molar-refractivity contribution in [2.75, 3.05) is 5.75 Å². The molecule has 0 bridgehead atoms. The number of hydrogen-bond acceptors (Lipinski definition) is 4. The second-order valence-corrected chi connectivity index (χ2v) is 4.40. The molecule has 1 aromatic heterocycles. The summed E-state index contributed by atoms with van der Waals surface area (Å²) in [4.78, 5) is 19.1. The highest BCUT2D eigenvalue weighted by Gasteiger charge is 2.07. The van der Waals surface area contributed by atoms with E-state index in [1.807, 2.05) is 6.92 Å². The van der Waals surface area contributed by atoms with Crippen molar-refractivity contribution in [1.29, 1.82) is 0 Å². The number of nitrogens with zero attached hydrogens (tertiary/aromatic N) is 2. The van der Waals surface area contributed by atoms with Crippen molar-refractivity contribution >= 4 is 28.6 Å². The number of carboxylic acid groups (broad SMARTS) is 1. The molecule has 0 amide bonds. The third-order valence-corrected chi connectivity index (χ3v) is 3.02. The molecule has 1 N–H and O–H groups in total. The van der Waals surface area contributed by atoms with E-state index in [1.165, 1.54) is 6.33 Å². The van der Waals surface area contributed by atoms with Gasteiger partial charge in [-0.25, -0.2) is 14.8 Å². The Labute approximate surface area is 96.7 Å². The Morgan fingerprint density at radius 2 is 2.25 bits per heavy atom. The summed E-state index contributed by atoms with van der Waals surface area (Å²) >= 11 is 1.62. The van der Waals surface area contributed by atoms with Gasteiger partial charge in [-0.3, -0.25) is 0 Å². The van der Waals surface area contributed by atoms with Crippen LogP contribution in [0.25, 0.3) is 10.9 Å². The Balaban J connectivity index is 2.59. The molecule has 0 radical (unpaired) electrons. The average molecular weight is 234 g/mol. The smallest absolute Gasteiger partial charge is 0.335 e. The first-order valence-corrected chi connectivity index (χ1v) is 5.81. The summed E-state index contributed by atoms with van der Waals surface area (Å²) in [6.07, 6.45) is 1.46. The Bertz CT molecular complexity index is 542. The number of thioether (sulfide) groups is 1. The number of aromatic carboxylic acids is 1. The number of fused-ring (bicyclic) bond motifs is 1. The van der Waals surface area contributed by atoms with Gasteiger partial charge in [-0.1, -0.05) is 6.92 Å². The molecule has 0 aliphatic carbocycles. The molecule has 0 atom stereocenters. The zero-order valence-corrected chi connectivity index (χ0v) is 9.49. The van der Waals surface area contributed by atoms with Gasteiger partial charge < -0.3 is 5.11 Å². The summed E-state index contributed by atoms with van der Waals surface area (Å²) in [5.74, 6) is -0.0162. The maximum atomic E-state index is 10.8. The van der Waals surface area contributed by atoms with E-state index in [1.54, 1.807) is 30.0 Å². The highest BCUT2D eigenvalue weighted by Crippen LogP contribution is 2.24. The number of carboxylic acids is 1. The summed E-state index contributed by atoms with van der Waals surface area (Å²) in [5.41, 5.74) is 0.921. The van der Waals surface area contributed by atoms with Crippen LogP contribution in [-0.4, -0.2) is 26.8 Å². The minimum Gasteiger partial charge on any atom is -0.478 e. The Kier molecular flexibility index (Phi) is 3.05. The van der Waals surface area contributed by atoms with Gasteiger partial charge in [0, 0.05) is 5.39 Å². The lowest BCUT2D eigenvalue weighted by Crippen LogP contribution is -1.96. The van der Waals surface area contributed by atoms with Crippen LogP contribution in [-0.2, 0) is 0 Å². The zero-order valence-electron chi connectivity index (χ0n) is 8.67. The number of aromatic nitrogens is 2. The van der Waals surface area contributed by atoms with E-state index in [0.717, 1.165) is 16.2 Å². The highest BCUT2D eigenvalue weighted by atomic mass is 32.2. The van der Waals surface area contributed by atoms with Crippen LogP contribution in [0.2, 0.25) is 0 Å². The first kappa shape index (κ1) is 10.9. The van der Waals surface area contributed by atoms with Crippen molar-refractivity contribution in [2.45, 2.75) is 11.9 Å². The van der Waals surface area contributed by atoms with Gasteiger partial charge in [0.15, 0.2) is 0 Å². The monoisotopic (exact) mass is 234 g/mol. The predicted molar refractivity (Wildman–Crippen MR) is 62.9 cm³/mol. The van der Waals surface area contributed by atoms with Crippen LogP contribution < -0.4 is 0 Å². The fourth-order valence-corrected chi connectivity index (χ4v) is 2.14.